The maximum Gasteiger partial charge on any atom is 0.460 e. The molecule has 0 aromatic heterocycles. The summed E-state index contributed by atoms with van der Waals surface area (Å²) < 4.78 is 341. The minimum absolute atomic E-state index is 1.23. The molecule has 0 aromatic carbocycles. The molecule has 0 spiro atoms. The van der Waals surface area contributed by atoms with Crippen LogP contribution < -0.4 is 0 Å². The van der Waals surface area contributed by atoms with Crippen molar-refractivity contribution in [2.45, 2.75) is 71.6 Å². The molecule has 0 saturated heterocycles. The fourth-order valence-electron chi connectivity index (χ4n) is 2.17. The van der Waals surface area contributed by atoms with Crippen molar-refractivity contribution in [1.29, 1.82) is 0 Å². The van der Waals surface area contributed by atoms with E-state index in [0.717, 1.165) is 0 Å². The van der Waals surface area contributed by atoms with Gasteiger partial charge in [-0.25, -0.2) is 0 Å². The van der Waals surface area contributed by atoms with Gasteiger partial charge in [-0.2, -0.15) is 114 Å². The van der Waals surface area contributed by atoms with E-state index in [1.165, 1.54) is 13.2 Å². The Balaban J connectivity index is 6.75. The van der Waals surface area contributed by atoms with Crippen LogP contribution in [0.25, 0.3) is 0 Å². The zero-order valence-electron chi connectivity index (χ0n) is 18.6. The Morgan fingerprint density at radius 2 is 0.442 bits per heavy atom. The average molecular weight is 706 g/mol. The zero-order chi connectivity index (χ0) is 35.9. The lowest BCUT2D eigenvalue weighted by molar-refractivity contribution is -0.440. The van der Waals surface area contributed by atoms with Crippen molar-refractivity contribution in [3.8, 4) is 0 Å². The van der Waals surface area contributed by atoms with Crippen LogP contribution in [0.15, 0.2) is 24.7 Å². The number of hydrogen-bond donors (Lipinski definition) is 0. The number of alkyl halides is 26. The molecule has 1 nitrogen and oxygen atoms in total. The summed E-state index contributed by atoms with van der Waals surface area (Å²) in [5.74, 6) is -92.2. The molecule has 43 heavy (non-hydrogen) atoms. The van der Waals surface area contributed by atoms with Gasteiger partial charge in [-0.05, 0) is 0 Å². The van der Waals surface area contributed by atoms with Gasteiger partial charge < -0.3 is 4.74 Å². The molecule has 0 aromatic rings. The molecule has 0 aliphatic heterocycles. The van der Waals surface area contributed by atoms with Gasteiger partial charge in [-0.15, -0.1) is 0 Å². The fourth-order valence-corrected chi connectivity index (χ4v) is 2.17. The van der Waals surface area contributed by atoms with Crippen LogP contribution >= 0.6 is 0 Å². The summed E-state index contributed by atoms with van der Waals surface area (Å²) in [5.41, 5.74) is 0. The monoisotopic (exact) mass is 706 g/mol. The van der Waals surface area contributed by atoms with Crippen molar-refractivity contribution >= 4 is 0 Å². The van der Waals surface area contributed by atoms with Gasteiger partial charge in [0.1, 0.15) is 0 Å². The second-order valence-corrected chi connectivity index (χ2v) is 7.69. The van der Waals surface area contributed by atoms with E-state index in [-0.39, 0.29) is 0 Å². The molecular weight excluding hydrogens is 702 g/mol. The largest absolute Gasteiger partial charge is 0.460 e. The van der Waals surface area contributed by atoms with Crippen LogP contribution in [-0.4, -0.2) is 71.6 Å². The Morgan fingerprint density at radius 3 is 0.605 bits per heavy atom. The van der Waals surface area contributed by atoms with Crippen molar-refractivity contribution in [3.63, 3.8) is 0 Å². The third-order valence-corrected chi connectivity index (χ3v) is 4.81. The van der Waals surface area contributed by atoms with Gasteiger partial charge in [-0.3, -0.25) is 0 Å². The van der Waals surface area contributed by atoms with E-state index in [9.17, 15) is 114 Å². The number of ether oxygens (including phenoxy) is 1. The van der Waals surface area contributed by atoms with Crippen molar-refractivity contribution in [2.75, 3.05) is 0 Å². The van der Waals surface area contributed by atoms with Gasteiger partial charge in [0.15, 0.2) is 11.5 Å². The Bertz CT molecular complexity index is 986. The Hall–Kier alpha value is -2.54. The topological polar surface area (TPSA) is 9.23 Å². The number of allylic oxidation sites excluding steroid dienone is 2. The van der Waals surface area contributed by atoms with Gasteiger partial charge in [0.25, 0.3) is 0 Å². The number of rotatable bonds is 12. The molecule has 0 unspecified atom stereocenters. The van der Waals surface area contributed by atoms with E-state index in [0.29, 0.717) is 0 Å². The fraction of sp³-hybridized carbons (Fsp3) is 0.750. The molecule has 0 saturated carbocycles. The minimum atomic E-state index is -8.69. The first-order chi connectivity index (χ1) is 18.0. The highest BCUT2D eigenvalue weighted by Crippen LogP contribution is 2.63. The van der Waals surface area contributed by atoms with Crippen LogP contribution in [0.3, 0.4) is 0 Å². The van der Waals surface area contributed by atoms with E-state index in [1.807, 2.05) is 0 Å². The second kappa shape index (κ2) is 9.98. The van der Waals surface area contributed by atoms with Crippen LogP contribution in [-0.2, 0) is 4.74 Å². The number of halogens is 26. The van der Waals surface area contributed by atoms with Gasteiger partial charge in [0, 0.05) is 0 Å². The zero-order valence-corrected chi connectivity index (χ0v) is 18.6. The summed E-state index contributed by atoms with van der Waals surface area (Å²) in [5, 5.41) is 0. The first kappa shape index (κ1) is 40.5. The maximum absolute atomic E-state index is 13.8. The quantitative estimate of drug-likeness (QED) is 0.145. The van der Waals surface area contributed by atoms with E-state index in [1.54, 1.807) is 0 Å². The molecule has 256 valence electrons. The van der Waals surface area contributed by atoms with Crippen LogP contribution in [0.1, 0.15) is 0 Å². The van der Waals surface area contributed by atoms with Crippen molar-refractivity contribution in [2.24, 2.45) is 0 Å². The molecule has 0 heterocycles. The third kappa shape index (κ3) is 5.17. The summed E-state index contributed by atoms with van der Waals surface area (Å²) in [7, 11) is 0. The molecule has 0 aliphatic rings. The molecule has 0 bridgehead atoms. The first-order valence-corrected chi connectivity index (χ1v) is 9.03. The Labute approximate surface area is 216 Å². The Kier molecular flexibility index (Phi) is 9.39. The Morgan fingerprint density at radius 1 is 0.279 bits per heavy atom. The lowest BCUT2D eigenvalue weighted by atomic mass is 9.92. The lowest BCUT2D eigenvalue weighted by Gasteiger charge is -2.41. The highest BCUT2D eigenvalue weighted by atomic mass is 19.4. The summed E-state index contributed by atoms with van der Waals surface area (Å²) in [4.78, 5) is 0. The smallest absolute Gasteiger partial charge is 0.454 e. The summed E-state index contributed by atoms with van der Waals surface area (Å²) in [6, 6.07) is 0. The highest BCUT2D eigenvalue weighted by molar-refractivity contribution is 5.22. The third-order valence-electron chi connectivity index (χ3n) is 4.81. The first-order valence-electron chi connectivity index (χ1n) is 9.03. The van der Waals surface area contributed by atoms with E-state index < -0.39 is 83.1 Å². The molecule has 0 rings (SSSR count). The van der Waals surface area contributed by atoms with Crippen molar-refractivity contribution in [3.05, 3.63) is 24.7 Å². The van der Waals surface area contributed by atoms with E-state index >= 15 is 0 Å². The van der Waals surface area contributed by atoms with Crippen molar-refractivity contribution < 1.29 is 119 Å². The molecule has 27 heteroatoms. The lowest BCUT2D eigenvalue weighted by Crippen LogP contribution is -2.70. The second-order valence-electron chi connectivity index (χ2n) is 7.69. The maximum atomic E-state index is 13.8. The van der Waals surface area contributed by atoms with Crippen molar-refractivity contribution in [1.82, 2.24) is 0 Å². The van der Waals surface area contributed by atoms with Gasteiger partial charge in [0.2, 0.25) is 0 Å². The van der Waals surface area contributed by atoms with Crippen LogP contribution in [0.2, 0.25) is 0 Å². The molecule has 0 atom stereocenters. The summed E-state index contributed by atoms with van der Waals surface area (Å²) in [6.07, 6.45) is -15.9. The average Bonchev–Trinajstić information content (AvgIpc) is 2.76. The van der Waals surface area contributed by atoms with Gasteiger partial charge >= 0.3 is 71.6 Å². The SMILES string of the molecule is C=C(OC(=C)C(F)(F)C(F)(F)C(F)(F)C(F)(F)C(F)(F)C(F)(F)F)C(F)(F)C(F)(F)C(F)(F)C(F)(F)C(F)(F)C(F)(F)F. The molecule has 0 amide bonds. The molecule has 0 N–H and O–H groups in total. The molecular formula is C16H4F26O. The van der Waals surface area contributed by atoms with E-state index in [2.05, 4.69) is 4.74 Å². The number of hydrogen-bond acceptors (Lipinski definition) is 1. The van der Waals surface area contributed by atoms with Crippen LogP contribution in [0, 0.1) is 0 Å². The van der Waals surface area contributed by atoms with Gasteiger partial charge in [0.05, 0.1) is 0 Å². The van der Waals surface area contributed by atoms with Crippen LogP contribution in [0.5, 0.6) is 0 Å². The molecule has 0 radical (unpaired) electrons. The summed E-state index contributed by atoms with van der Waals surface area (Å²) >= 11 is 0. The highest BCUT2D eigenvalue weighted by Gasteiger charge is 2.93. The predicted octanol–water partition coefficient (Wildman–Crippen LogP) is 9.51. The minimum Gasteiger partial charge on any atom is -0.454 e. The van der Waals surface area contributed by atoms with E-state index in [4.69, 9.17) is 0 Å². The van der Waals surface area contributed by atoms with Crippen LogP contribution in [0.4, 0.5) is 114 Å². The molecule has 0 fully saturated rings. The normalized spacial score (nSPS) is 16.3. The summed E-state index contributed by atoms with van der Waals surface area (Å²) in [6.45, 7) is 2.47. The standard InChI is InChI=1S/C16H4F26O/c1-3(5(17,18)7(21,22)9(25,26)11(29,30)13(33,34)15(37,38)39)43-4(2)6(19,20)8(23,24)10(27,28)12(31,32)14(35,36)16(40,41)42/h1-2H2. The predicted molar refractivity (Wildman–Crippen MR) is 80.9 cm³/mol. The van der Waals surface area contributed by atoms with Gasteiger partial charge in [-0.1, -0.05) is 13.2 Å². The molecule has 0 aliphatic carbocycles.